The van der Waals surface area contributed by atoms with E-state index in [9.17, 15) is 18.5 Å². The zero-order valence-corrected chi connectivity index (χ0v) is 15.1. The third-order valence-corrected chi connectivity index (χ3v) is 4.53. The molecule has 0 aliphatic carbocycles. The van der Waals surface area contributed by atoms with Crippen molar-refractivity contribution in [1.29, 1.82) is 0 Å². The van der Waals surface area contributed by atoms with Crippen LogP contribution in [0, 0.1) is 24.0 Å². The number of nitro groups is 1. The fraction of sp³-hybridized carbons (Fsp3) is 0.500. The van der Waals surface area contributed by atoms with E-state index in [2.05, 4.69) is 20.3 Å². The molecular formula is C14H20N6O4S. The van der Waals surface area contributed by atoms with Gasteiger partial charge in [0.2, 0.25) is 11.8 Å². The number of hydrogen-bond acceptors (Lipinski definition) is 8. The first kappa shape index (κ1) is 18.8. The van der Waals surface area contributed by atoms with Crippen molar-refractivity contribution < 1.29 is 13.3 Å². The number of imidazole rings is 1. The normalized spacial score (nSPS) is 11.5. The van der Waals surface area contributed by atoms with Crippen molar-refractivity contribution in [3.63, 3.8) is 0 Å². The van der Waals surface area contributed by atoms with Crippen LogP contribution in [0.3, 0.4) is 0 Å². The number of aryl methyl sites for hydroxylation is 2. The first-order valence-electron chi connectivity index (χ1n) is 7.64. The van der Waals surface area contributed by atoms with Crippen molar-refractivity contribution in [2.75, 3.05) is 23.9 Å². The number of rotatable bonds is 8. The van der Waals surface area contributed by atoms with Crippen molar-refractivity contribution in [1.82, 2.24) is 19.5 Å². The quantitative estimate of drug-likeness (QED) is 0.420. The summed E-state index contributed by atoms with van der Waals surface area (Å²) < 4.78 is 23.7. The smallest absolute Gasteiger partial charge is 0.333 e. The molecule has 0 aromatic carbocycles. The molecule has 136 valence electrons. The average molecular weight is 368 g/mol. The second-order valence-corrected chi connectivity index (χ2v) is 7.93. The minimum atomic E-state index is -2.98. The van der Waals surface area contributed by atoms with Gasteiger partial charge in [-0.15, -0.1) is 0 Å². The lowest BCUT2D eigenvalue weighted by Crippen LogP contribution is -2.13. The van der Waals surface area contributed by atoms with Crippen molar-refractivity contribution in [2.24, 2.45) is 0 Å². The number of aromatic nitrogens is 4. The lowest BCUT2D eigenvalue weighted by molar-refractivity contribution is -0.385. The Kier molecular flexibility index (Phi) is 5.67. The topological polar surface area (TPSA) is 133 Å². The summed E-state index contributed by atoms with van der Waals surface area (Å²) in [7, 11) is -2.98. The summed E-state index contributed by atoms with van der Waals surface area (Å²) in [6, 6.07) is 0. The van der Waals surface area contributed by atoms with Crippen molar-refractivity contribution in [3.05, 3.63) is 34.0 Å². The van der Waals surface area contributed by atoms with Crippen LogP contribution in [-0.2, 0) is 9.84 Å². The maximum Gasteiger partial charge on any atom is 0.333 e. The van der Waals surface area contributed by atoms with Gasteiger partial charge >= 0.3 is 5.69 Å². The Bertz CT molecular complexity index is 877. The van der Waals surface area contributed by atoms with Gasteiger partial charge in [-0.3, -0.25) is 14.7 Å². The highest BCUT2D eigenvalue weighted by Gasteiger charge is 2.24. The maximum absolute atomic E-state index is 11.4. The highest BCUT2D eigenvalue weighted by Crippen LogP contribution is 2.26. The number of nitrogens with zero attached hydrogens (tertiary/aromatic N) is 5. The molecule has 2 aromatic rings. The molecule has 0 aliphatic rings. The molecule has 0 saturated carbocycles. The molecule has 2 heterocycles. The summed E-state index contributed by atoms with van der Waals surface area (Å²) in [5.74, 6) is 1.09. The molecule has 2 rings (SSSR count). The van der Waals surface area contributed by atoms with Crippen LogP contribution in [0.2, 0.25) is 0 Å². The van der Waals surface area contributed by atoms with E-state index in [4.69, 9.17) is 0 Å². The minimum Gasteiger partial charge on any atom is -0.354 e. The van der Waals surface area contributed by atoms with Gasteiger partial charge in [-0.05, 0) is 26.7 Å². The molecule has 0 unspecified atom stereocenters. The Labute approximate surface area is 145 Å². The largest absolute Gasteiger partial charge is 0.354 e. The number of unbranched alkanes of at least 4 members (excludes halogenated alkanes) is 1. The summed E-state index contributed by atoms with van der Waals surface area (Å²) in [4.78, 5) is 23.3. The van der Waals surface area contributed by atoms with Gasteiger partial charge in [0.25, 0.3) is 0 Å². The van der Waals surface area contributed by atoms with Crippen molar-refractivity contribution >= 4 is 21.5 Å². The lowest BCUT2D eigenvalue weighted by Gasteiger charge is -2.10. The second-order valence-electron chi connectivity index (χ2n) is 5.67. The predicted molar refractivity (Wildman–Crippen MR) is 92.7 cm³/mol. The van der Waals surface area contributed by atoms with Crippen LogP contribution < -0.4 is 5.32 Å². The van der Waals surface area contributed by atoms with E-state index < -0.39 is 14.8 Å². The predicted octanol–water partition coefficient (Wildman–Crippen LogP) is 1.42. The number of hydrogen-bond donors (Lipinski definition) is 1. The molecule has 0 aliphatic heterocycles. The first-order chi connectivity index (χ1) is 11.7. The number of anilines is 1. The first-order valence-corrected chi connectivity index (χ1v) is 9.70. The fourth-order valence-corrected chi connectivity index (χ4v) is 3.03. The van der Waals surface area contributed by atoms with E-state index in [-0.39, 0.29) is 28.9 Å². The van der Waals surface area contributed by atoms with Crippen LogP contribution in [-0.4, -0.2) is 51.4 Å². The number of sulfone groups is 1. The van der Waals surface area contributed by atoms with Gasteiger partial charge in [-0.25, -0.2) is 18.4 Å². The SMILES string of the molecule is Cc1nc(NCCCCS(C)(=O)=O)nc(-n2ccnc2C)c1[N+](=O)[O-]. The molecule has 0 fully saturated rings. The Hall–Kier alpha value is -2.56. The fourth-order valence-electron chi connectivity index (χ4n) is 2.30. The average Bonchev–Trinajstić information content (AvgIpc) is 2.90. The molecule has 0 radical (unpaired) electrons. The molecule has 0 saturated heterocycles. The van der Waals surface area contributed by atoms with Gasteiger partial charge in [-0.1, -0.05) is 0 Å². The summed E-state index contributed by atoms with van der Waals surface area (Å²) >= 11 is 0. The third-order valence-electron chi connectivity index (χ3n) is 3.50. The molecule has 0 atom stereocenters. The molecule has 25 heavy (non-hydrogen) atoms. The van der Waals surface area contributed by atoms with E-state index in [0.29, 0.717) is 25.2 Å². The van der Waals surface area contributed by atoms with E-state index in [1.165, 1.54) is 17.0 Å². The Morgan fingerprint density at radius 1 is 1.28 bits per heavy atom. The molecule has 1 N–H and O–H groups in total. The van der Waals surface area contributed by atoms with Crippen LogP contribution in [0.1, 0.15) is 24.4 Å². The molecule has 2 aromatic heterocycles. The summed E-state index contributed by atoms with van der Waals surface area (Å²) in [5.41, 5.74) is 0.0606. The lowest BCUT2D eigenvalue weighted by atomic mass is 10.3. The van der Waals surface area contributed by atoms with Gasteiger partial charge in [0.1, 0.15) is 21.4 Å². The van der Waals surface area contributed by atoms with Crippen LogP contribution in [0.15, 0.2) is 12.4 Å². The van der Waals surface area contributed by atoms with Crippen LogP contribution in [0.4, 0.5) is 11.6 Å². The summed E-state index contributed by atoms with van der Waals surface area (Å²) in [6.07, 6.45) is 5.47. The Morgan fingerprint density at radius 2 is 2.00 bits per heavy atom. The molecule has 0 bridgehead atoms. The van der Waals surface area contributed by atoms with Crippen molar-refractivity contribution in [3.8, 4) is 5.82 Å². The van der Waals surface area contributed by atoms with Gasteiger partial charge in [0.15, 0.2) is 0 Å². The highest BCUT2D eigenvalue weighted by molar-refractivity contribution is 7.90. The monoisotopic (exact) mass is 368 g/mol. The Morgan fingerprint density at radius 3 is 2.56 bits per heavy atom. The minimum absolute atomic E-state index is 0.119. The van der Waals surface area contributed by atoms with Crippen molar-refractivity contribution in [2.45, 2.75) is 26.7 Å². The standard InChI is InChI=1S/C14H20N6O4S/c1-10-12(20(21)22)13(19-8-7-15-11(19)2)18-14(17-10)16-6-4-5-9-25(3,23)24/h7-8H,4-6,9H2,1-3H3,(H,16,17,18). The van der Waals surface area contributed by atoms with E-state index >= 15 is 0 Å². The van der Waals surface area contributed by atoms with E-state index in [0.717, 1.165) is 0 Å². The van der Waals surface area contributed by atoms with Gasteiger partial charge in [0.05, 0.1) is 4.92 Å². The van der Waals surface area contributed by atoms with Gasteiger partial charge in [-0.2, -0.15) is 4.98 Å². The molecular weight excluding hydrogens is 348 g/mol. The van der Waals surface area contributed by atoms with Crippen LogP contribution in [0.5, 0.6) is 0 Å². The van der Waals surface area contributed by atoms with Crippen LogP contribution >= 0.6 is 0 Å². The summed E-state index contributed by atoms with van der Waals surface area (Å²) in [6.45, 7) is 3.74. The molecule has 0 spiro atoms. The van der Waals surface area contributed by atoms with Gasteiger partial charge in [0, 0.05) is 30.9 Å². The number of nitrogens with one attached hydrogen (secondary N) is 1. The van der Waals surface area contributed by atoms with E-state index in [1.807, 2.05) is 0 Å². The van der Waals surface area contributed by atoms with Gasteiger partial charge < -0.3 is 5.32 Å². The van der Waals surface area contributed by atoms with E-state index in [1.54, 1.807) is 20.0 Å². The highest BCUT2D eigenvalue weighted by atomic mass is 32.2. The third kappa shape index (κ3) is 4.95. The molecule has 11 heteroatoms. The maximum atomic E-state index is 11.4. The zero-order valence-electron chi connectivity index (χ0n) is 14.3. The Balaban J connectivity index is 2.19. The summed E-state index contributed by atoms with van der Waals surface area (Å²) in [5, 5.41) is 14.4. The van der Waals surface area contributed by atoms with Crippen LogP contribution in [0.25, 0.3) is 5.82 Å². The molecule has 0 amide bonds. The zero-order chi connectivity index (χ0) is 18.6. The second kappa shape index (κ2) is 7.55. The molecule has 10 nitrogen and oxygen atoms in total.